The Balaban J connectivity index is 1.76. The van der Waals surface area contributed by atoms with Crippen LogP contribution in [0.3, 0.4) is 0 Å². The second-order valence-corrected chi connectivity index (χ2v) is 6.52. The predicted molar refractivity (Wildman–Crippen MR) is 101 cm³/mol. The lowest BCUT2D eigenvalue weighted by molar-refractivity contribution is -0.113. The highest BCUT2D eigenvalue weighted by molar-refractivity contribution is 8.27. The summed E-state index contributed by atoms with van der Waals surface area (Å²) in [5.41, 5.74) is 0.736. The van der Waals surface area contributed by atoms with E-state index < -0.39 is 0 Å². The number of nitrogens with zero attached hydrogens (tertiary/aromatic N) is 1. The second kappa shape index (κ2) is 7.51. The molecule has 1 aliphatic heterocycles. The normalized spacial score (nSPS) is 16.5. The summed E-state index contributed by atoms with van der Waals surface area (Å²) in [5, 5.41) is 0. The van der Waals surface area contributed by atoms with Crippen LogP contribution in [0.1, 0.15) is 12.7 Å². The molecule has 0 aliphatic carbocycles. The Morgan fingerprint density at radius 2 is 2.08 bits per heavy atom. The maximum Gasteiger partial charge on any atom is 0.270 e. The summed E-state index contributed by atoms with van der Waals surface area (Å²) in [5.74, 6) is 1.37. The van der Waals surface area contributed by atoms with Crippen LogP contribution in [0.4, 0.5) is 5.69 Å². The van der Waals surface area contributed by atoms with E-state index in [1.54, 1.807) is 24.5 Å². The maximum absolute atomic E-state index is 12.6. The van der Waals surface area contributed by atoms with Crippen molar-refractivity contribution in [2.75, 3.05) is 11.5 Å². The average molecular weight is 357 g/mol. The molecule has 1 saturated heterocycles. The lowest BCUT2D eigenvalue weighted by atomic mass is 10.2. The van der Waals surface area contributed by atoms with Crippen LogP contribution in [0, 0.1) is 0 Å². The molecule has 1 fully saturated rings. The molecule has 1 aromatic heterocycles. The molecule has 122 valence electrons. The Bertz CT molecular complexity index is 792. The first kappa shape index (κ1) is 16.5. The monoisotopic (exact) mass is 357 g/mol. The number of hydrogen-bond acceptors (Lipinski definition) is 5. The topological polar surface area (TPSA) is 42.7 Å². The minimum absolute atomic E-state index is 0.127. The van der Waals surface area contributed by atoms with E-state index in [9.17, 15) is 4.79 Å². The zero-order valence-electron chi connectivity index (χ0n) is 13.0. The number of carbonyl (C=O) groups is 1. The van der Waals surface area contributed by atoms with E-state index in [-0.39, 0.29) is 5.91 Å². The fourth-order valence-electron chi connectivity index (χ4n) is 2.18. The Labute approximate surface area is 149 Å². The van der Waals surface area contributed by atoms with Gasteiger partial charge in [-0.2, -0.15) is 0 Å². The highest BCUT2D eigenvalue weighted by atomic mass is 32.2. The number of thiocarbonyl (C=S) groups is 1. The molecule has 1 amide bonds. The van der Waals surface area contributed by atoms with Crippen molar-refractivity contribution in [1.29, 1.82) is 0 Å². The number of carbonyl (C=O) groups excluding carboxylic acids is 1. The SMILES string of the molecule is CCOc1ccc(N2C(=O)C(=CC=Cc3ccco3)SC2=S)cc1. The van der Waals surface area contributed by atoms with Gasteiger partial charge in [0.05, 0.1) is 23.5 Å². The van der Waals surface area contributed by atoms with Crippen molar-refractivity contribution in [3.63, 3.8) is 0 Å². The molecule has 1 aliphatic rings. The first-order valence-electron chi connectivity index (χ1n) is 7.40. The van der Waals surface area contributed by atoms with E-state index in [0.717, 1.165) is 17.2 Å². The molecule has 2 heterocycles. The van der Waals surface area contributed by atoms with Crippen molar-refractivity contribution in [3.8, 4) is 5.75 Å². The van der Waals surface area contributed by atoms with Gasteiger partial charge in [0, 0.05) is 0 Å². The summed E-state index contributed by atoms with van der Waals surface area (Å²) in [6.45, 7) is 2.53. The quantitative estimate of drug-likeness (QED) is 0.576. The van der Waals surface area contributed by atoms with E-state index in [1.807, 2.05) is 43.3 Å². The largest absolute Gasteiger partial charge is 0.494 e. The van der Waals surface area contributed by atoms with E-state index in [0.29, 0.717) is 15.8 Å². The number of furan rings is 1. The van der Waals surface area contributed by atoms with Crippen molar-refractivity contribution < 1.29 is 13.9 Å². The van der Waals surface area contributed by atoms with Crippen molar-refractivity contribution in [1.82, 2.24) is 0 Å². The molecule has 6 heteroatoms. The van der Waals surface area contributed by atoms with Crippen LogP contribution in [0.25, 0.3) is 6.08 Å². The summed E-state index contributed by atoms with van der Waals surface area (Å²) < 4.78 is 11.1. The smallest absolute Gasteiger partial charge is 0.270 e. The number of anilines is 1. The van der Waals surface area contributed by atoms with Crippen LogP contribution >= 0.6 is 24.0 Å². The third kappa shape index (κ3) is 3.60. The van der Waals surface area contributed by atoms with Gasteiger partial charge in [-0.25, -0.2) is 0 Å². The molecular weight excluding hydrogens is 342 g/mol. The van der Waals surface area contributed by atoms with Crippen LogP contribution in [0.5, 0.6) is 5.75 Å². The molecule has 0 atom stereocenters. The van der Waals surface area contributed by atoms with Crippen molar-refractivity contribution in [2.24, 2.45) is 0 Å². The van der Waals surface area contributed by atoms with E-state index in [2.05, 4.69) is 0 Å². The van der Waals surface area contributed by atoms with Crippen molar-refractivity contribution in [3.05, 3.63) is 65.5 Å². The zero-order valence-corrected chi connectivity index (χ0v) is 14.6. The third-order valence-corrected chi connectivity index (χ3v) is 4.57. The number of thioether (sulfide) groups is 1. The van der Waals surface area contributed by atoms with Crippen LogP contribution in [-0.2, 0) is 4.79 Å². The minimum atomic E-state index is -0.127. The van der Waals surface area contributed by atoms with Crippen molar-refractivity contribution in [2.45, 2.75) is 6.92 Å². The van der Waals surface area contributed by atoms with Gasteiger partial charge >= 0.3 is 0 Å². The molecular formula is C18H15NO3S2. The molecule has 0 N–H and O–H groups in total. The van der Waals surface area contributed by atoms with Crippen LogP contribution in [0.2, 0.25) is 0 Å². The van der Waals surface area contributed by atoms with Gasteiger partial charge in [-0.1, -0.05) is 30.1 Å². The number of ether oxygens (including phenoxy) is 1. The van der Waals surface area contributed by atoms with Gasteiger partial charge in [-0.3, -0.25) is 9.69 Å². The fraction of sp³-hybridized carbons (Fsp3) is 0.111. The van der Waals surface area contributed by atoms with Gasteiger partial charge in [0.1, 0.15) is 11.5 Å². The van der Waals surface area contributed by atoms with Crippen LogP contribution < -0.4 is 9.64 Å². The fourth-order valence-corrected chi connectivity index (χ4v) is 3.43. The van der Waals surface area contributed by atoms with Gasteiger partial charge in [-0.05, 0) is 55.5 Å². The standard InChI is InChI=1S/C18H15NO3S2/c1-2-21-15-10-8-13(9-11-15)19-17(20)16(24-18(19)23)7-3-5-14-6-4-12-22-14/h3-12H,2H2,1H3. The molecule has 0 radical (unpaired) electrons. The first-order valence-corrected chi connectivity index (χ1v) is 8.62. The molecule has 0 spiro atoms. The Kier molecular flexibility index (Phi) is 5.17. The van der Waals surface area contributed by atoms with Gasteiger partial charge in [0.2, 0.25) is 0 Å². The van der Waals surface area contributed by atoms with Gasteiger partial charge in [-0.15, -0.1) is 0 Å². The summed E-state index contributed by atoms with van der Waals surface area (Å²) in [4.78, 5) is 14.7. The first-order chi connectivity index (χ1) is 11.7. The molecule has 24 heavy (non-hydrogen) atoms. The second-order valence-electron chi connectivity index (χ2n) is 4.84. The molecule has 0 bridgehead atoms. The number of amides is 1. The van der Waals surface area contributed by atoms with Crippen molar-refractivity contribution >= 4 is 46.0 Å². The van der Waals surface area contributed by atoms with Gasteiger partial charge in [0.15, 0.2) is 4.32 Å². The molecule has 1 aromatic carbocycles. The highest BCUT2D eigenvalue weighted by Gasteiger charge is 2.32. The number of rotatable bonds is 5. The molecule has 3 rings (SSSR count). The van der Waals surface area contributed by atoms with E-state index in [1.165, 1.54) is 16.7 Å². The Hall–Kier alpha value is -2.31. The molecule has 0 unspecified atom stereocenters. The summed E-state index contributed by atoms with van der Waals surface area (Å²) >= 11 is 6.63. The van der Waals surface area contributed by atoms with Crippen LogP contribution in [0.15, 0.2) is 64.1 Å². The van der Waals surface area contributed by atoms with Gasteiger partial charge < -0.3 is 9.15 Å². The van der Waals surface area contributed by atoms with E-state index in [4.69, 9.17) is 21.4 Å². The number of hydrogen-bond donors (Lipinski definition) is 0. The number of allylic oxidation sites excluding steroid dienone is 2. The lowest BCUT2D eigenvalue weighted by Gasteiger charge is -2.15. The average Bonchev–Trinajstić information content (AvgIpc) is 3.18. The molecule has 2 aromatic rings. The molecule has 0 saturated carbocycles. The Morgan fingerprint density at radius 1 is 1.29 bits per heavy atom. The lowest BCUT2D eigenvalue weighted by Crippen LogP contribution is -2.27. The third-order valence-electron chi connectivity index (χ3n) is 3.25. The predicted octanol–water partition coefficient (Wildman–Crippen LogP) is 4.64. The summed E-state index contributed by atoms with van der Waals surface area (Å²) in [6.07, 6.45) is 6.92. The van der Waals surface area contributed by atoms with Crippen LogP contribution in [-0.4, -0.2) is 16.8 Å². The highest BCUT2D eigenvalue weighted by Crippen LogP contribution is 2.35. The Morgan fingerprint density at radius 3 is 2.75 bits per heavy atom. The summed E-state index contributed by atoms with van der Waals surface area (Å²) in [6, 6.07) is 11.0. The van der Waals surface area contributed by atoms with E-state index >= 15 is 0 Å². The maximum atomic E-state index is 12.6. The van der Waals surface area contributed by atoms with Gasteiger partial charge in [0.25, 0.3) is 5.91 Å². The minimum Gasteiger partial charge on any atom is -0.494 e. The zero-order chi connectivity index (χ0) is 16.9. The summed E-state index contributed by atoms with van der Waals surface area (Å²) in [7, 11) is 0. The number of benzene rings is 1. The molecule has 4 nitrogen and oxygen atoms in total.